The first-order chi connectivity index (χ1) is 27.1. The van der Waals surface area contributed by atoms with E-state index in [2.05, 4.69) is 50.2 Å². The number of hydrazone groups is 1. The molecule has 7 N–H and O–H groups in total. The number of allylic oxidation sites excluding steroid dienone is 1. The van der Waals surface area contributed by atoms with E-state index in [1.54, 1.807) is 34.6 Å². The molecule has 0 saturated carbocycles. The molecular weight excluding hydrogens is 760 g/mol. The van der Waals surface area contributed by atoms with Gasteiger partial charge in [0.2, 0.25) is 17.7 Å². The maximum Gasteiger partial charge on any atom is 0.408 e. The van der Waals surface area contributed by atoms with Crippen molar-refractivity contribution in [2.75, 3.05) is 19.8 Å². The summed E-state index contributed by atoms with van der Waals surface area (Å²) in [5.41, 5.74) is -0.784. The van der Waals surface area contributed by atoms with E-state index in [1.165, 1.54) is 46.1 Å². The van der Waals surface area contributed by atoms with Crippen molar-refractivity contribution >= 4 is 53.9 Å². The average Bonchev–Trinajstić information content (AvgIpc) is 3.13. The third kappa shape index (κ3) is 17.1. The number of rotatable bonds is 20. The zero-order valence-corrected chi connectivity index (χ0v) is 34.8. The number of aliphatic hydroxyl groups is 1. The molecule has 20 nitrogen and oxygen atoms in total. The van der Waals surface area contributed by atoms with Crippen molar-refractivity contribution in [3.8, 4) is 0 Å². The first-order valence-electron chi connectivity index (χ1n) is 18.7. The summed E-state index contributed by atoms with van der Waals surface area (Å²) < 4.78 is 15.1. The van der Waals surface area contributed by atoms with Crippen LogP contribution in [-0.2, 0) is 43.0 Å². The Bertz CT molecular complexity index is 1580. The van der Waals surface area contributed by atoms with Crippen molar-refractivity contribution in [1.82, 2.24) is 36.9 Å². The molecule has 0 saturated heterocycles. The lowest BCUT2D eigenvalue weighted by Gasteiger charge is -2.35. The van der Waals surface area contributed by atoms with E-state index in [1.807, 2.05) is 0 Å². The van der Waals surface area contributed by atoms with Crippen molar-refractivity contribution in [3.05, 3.63) is 36.6 Å². The van der Waals surface area contributed by atoms with Gasteiger partial charge in [0.25, 0.3) is 11.8 Å². The fourth-order valence-corrected chi connectivity index (χ4v) is 5.09. The predicted octanol–water partition coefficient (Wildman–Crippen LogP) is 0.809. The number of carbonyl (C=O) groups is 8. The Morgan fingerprint density at radius 1 is 0.862 bits per heavy atom. The SMILES string of the molecule is C=CCOC(=O)N[C@@H](C)[C@H](NC(=O)[C@H](C)NC(=O)OC(C)(C)C)C(=O)N1N=CCC[C@H]1C(=O)N[C@@H](CC(C)C)C(=O)NC(C(=O)N[C@@H](CO)C(=O)OCC=C)=C(C)C. The molecule has 7 amide bonds. The molecular formula is C38H60N8O12. The van der Waals surface area contributed by atoms with Gasteiger partial charge in [-0.1, -0.05) is 39.2 Å². The van der Waals surface area contributed by atoms with Gasteiger partial charge in [0, 0.05) is 6.21 Å². The summed E-state index contributed by atoms with van der Waals surface area (Å²) in [6.07, 6.45) is 2.55. The summed E-state index contributed by atoms with van der Waals surface area (Å²) in [6.45, 7) is 20.1. The minimum atomic E-state index is -1.57. The summed E-state index contributed by atoms with van der Waals surface area (Å²) in [7, 11) is 0. The lowest BCUT2D eigenvalue weighted by molar-refractivity contribution is -0.147. The Morgan fingerprint density at radius 3 is 2.03 bits per heavy atom. The van der Waals surface area contributed by atoms with Crippen LogP contribution < -0.4 is 31.9 Å². The molecule has 0 aromatic rings. The first kappa shape index (κ1) is 50.2. The number of aliphatic hydroxyl groups excluding tert-OH is 1. The highest BCUT2D eigenvalue weighted by atomic mass is 16.6. The van der Waals surface area contributed by atoms with Gasteiger partial charge in [0.15, 0.2) is 6.04 Å². The number of amides is 7. The number of nitrogens with one attached hydrogen (secondary N) is 6. The highest BCUT2D eigenvalue weighted by molar-refractivity contribution is 6.02. The van der Waals surface area contributed by atoms with Gasteiger partial charge in [-0.05, 0) is 79.2 Å². The molecule has 0 aromatic carbocycles. The molecule has 58 heavy (non-hydrogen) atoms. The van der Waals surface area contributed by atoms with Crippen molar-refractivity contribution in [1.29, 1.82) is 0 Å². The molecule has 20 heteroatoms. The van der Waals surface area contributed by atoms with Gasteiger partial charge in [-0.3, -0.25) is 24.0 Å². The molecule has 1 aliphatic rings. The smallest absolute Gasteiger partial charge is 0.408 e. The lowest BCUT2D eigenvalue weighted by atomic mass is 10.0. The Balaban J connectivity index is 3.40. The standard InChI is InChI=1S/C38H60N8O12/c1-12-17-56-35(53)26(20-47)43-33(51)28(22(5)6)44-31(49)25(19-21(3)4)42-32(50)27-15-14-16-39-46(27)34(52)29(23(7)40-36(54)57-18-13-2)45-30(48)24(8)41-37(55)58-38(9,10)11/h12-13,16,21,23-27,29,47H,1-2,14-15,17-20H2,3-11H3,(H,40,54)(H,41,55)(H,42,50)(H,43,51)(H,44,49)(H,45,48)/t23-,24-,25-,26-,27-,29-/m0/s1. The van der Waals surface area contributed by atoms with Crippen LogP contribution in [0.2, 0.25) is 0 Å². The molecule has 0 bridgehead atoms. The van der Waals surface area contributed by atoms with Crippen molar-refractivity contribution in [2.45, 2.75) is 123 Å². The minimum Gasteiger partial charge on any atom is -0.460 e. The zero-order chi connectivity index (χ0) is 44.3. The second kappa shape index (κ2) is 24.1. The van der Waals surface area contributed by atoms with Crippen LogP contribution in [0.1, 0.15) is 81.6 Å². The van der Waals surface area contributed by atoms with Gasteiger partial charge in [-0.25, -0.2) is 19.4 Å². The fraction of sp³-hybridized carbons (Fsp3) is 0.605. The van der Waals surface area contributed by atoms with Gasteiger partial charge in [-0.2, -0.15) is 5.10 Å². The fourth-order valence-electron chi connectivity index (χ4n) is 5.09. The van der Waals surface area contributed by atoms with Gasteiger partial charge in [-0.15, -0.1) is 0 Å². The monoisotopic (exact) mass is 820 g/mol. The molecule has 6 atom stereocenters. The van der Waals surface area contributed by atoms with E-state index in [0.717, 1.165) is 5.01 Å². The summed E-state index contributed by atoms with van der Waals surface area (Å²) in [5, 5.41) is 29.5. The molecule has 0 fully saturated rings. The second-order valence-electron chi connectivity index (χ2n) is 14.9. The van der Waals surface area contributed by atoms with Crippen LogP contribution in [0.5, 0.6) is 0 Å². The van der Waals surface area contributed by atoms with Gasteiger partial charge in [0.1, 0.15) is 48.7 Å². The number of carbonyl (C=O) groups excluding carboxylic acids is 8. The van der Waals surface area contributed by atoms with Crippen LogP contribution in [0.4, 0.5) is 9.59 Å². The Kier molecular flexibility index (Phi) is 20.9. The van der Waals surface area contributed by atoms with Crippen molar-refractivity contribution in [2.24, 2.45) is 11.0 Å². The highest BCUT2D eigenvalue weighted by Crippen LogP contribution is 2.18. The van der Waals surface area contributed by atoms with Crippen molar-refractivity contribution < 1.29 is 57.7 Å². The van der Waals surface area contributed by atoms with Gasteiger partial charge in [0.05, 0.1) is 12.6 Å². The highest BCUT2D eigenvalue weighted by Gasteiger charge is 2.40. The van der Waals surface area contributed by atoms with Gasteiger partial charge < -0.3 is 51.2 Å². The van der Waals surface area contributed by atoms with Gasteiger partial charge >= 0.3 is 18.2 Å². The molecule has 0 aliphatic carbocycles. The normalized spacial score (nSPS) is 16.1. The number of esters is 1. The summed E-state index contributed by atoms with van der Waals surface area (Å²) in [5.74, 6) is -5.36. The van der Waals surface area contributed by atoms with Crippen molar-refractivity contribution in [3.63, 3.8) is 0 Å². The molecule has 324 valence electrons. The zero-order valence-electron chi connectivity index (χ0n) is 34.8. The number of hydrogen-bond acceptors (Lipinski definition) is 13. The summed E-state index contributed by atoms with van der Waals surface area (Å²) in [4.78, 5) is 106. The van der Waals surface area contributed by atoms with Crippen LogP contribution in [0, 0.1) is 5.92 Å². The van der Waals surface area contributed by atoms with E-state index < -0.39 is 96.2 Å². The average molecular weight is 821 g/mol. The molecule has 0 spiro atoms. The van der Waals surface area contributed by atoms with Crippen LogP contribution >= 0.6 is 0 Å². The molecule has 1 rings (SSSR count). The molecule has 0 radical (unpaired) electrons. The maximum absolute atomic E-state index is 14.2. The minimum absolute atomic E-state index is 0.0453. The Labute approximate surface area is 339 Å². The number of alkyl carbamates (subject to hydrolysis) is 2. The largest absolute Gasteiger partial charge is 0.460 e. The molecule has 1 heterocycles. The van der Waals surface area contributed by atoms with E-state index in [9.17, 15) is 43.5 Å². The number of nitrogens with zero attached hydrogens (tertiary/aromatic N) is 2. The Morgan fingerprint density at radius 2 is 1.48 bits per heavy atom. The summed E-state index contributed by atoms with van der Waals surface area (Å²) >= 11 is 0. The third-order valence-corrected chi connectivity index (χ3v) is 7.90. The number of hydrogen-bond donors (Lipinski definition) is 7. The van der Waals surface area contributed by atoms with E-state index in [4.69, 9.17) is 14.2 Å². The van der Waals surface area contributed by atoms with E-state index in [0.29, 0.717) is 5.57 Å². The lowest BCUT2D eigenvalue weighted by Crippen LogP contribution is -2.63. The van der Waals surface area contributed by atoms with Crippen LogP contribution in [0.15, 0.2) is 41.7 Å². The quantitative estimate of drug-likeness (QED) is 0.0389. The van der Waals surface area contributed by atoms with Crippen LogP contribution in [0.25, 0.3) is 0 Å². The molecule has 0 unspecified atom stereocenters. The first-order valence-corrected chi connectivity index (χ1v) is 18.7. The van der Waals surface area contributed by atoms with Crippen LogP contribution in [-0.4, -0.2) is 126 Å². The molecule has 1 aliphatic heterocycles. The van der Waals surface area contributed by atoms with E-state index >= 15 is 0 Å². The van der Waals surface area contributed by atoms with Crippen LogP contribution in [0.3, 0.4) is 0 Å². The Hall–Kier alpha value is -5.79. The second-order valence-corrected chi connectivity index (χ2v) is 14.9. The topological polar surface area (TPSA) is 272 Å². The number of ether oxygens (including phenoxy) is 3. The summed E-state index contributed by atoms with van der Waals surface area (Å²) in [6, 6.07) is -7.96. The van der Waals surface area contributed by atoms with E-state index in [-0.39, 0.29) is 44.1 Å². The maximum atomic E-state index is 14.2. The predicted molar refractivity (Wildman–Crippen MR) is 211 cm³/mol. The third-order valence-electron chi connectivity index (χ3n) is 7.90. The molecule has 0 aromatic heterocycles.